The molecular formula is C18H26F3NO2. The standard InChI is InChI=1S/C18H26F3NO2/c1-17(2,3)14-8-9-22(11-15(14)23)10-13-6-4-5-7-16(13)24-12-18(19,20)21/h4-7,14-15,23H,8-12H2,1-3H3/t14-,15-/m1/s1. The molecule has 2 atom stereocenters. The van der Waals surface area contributed by atoms with E-state index in [1.165, 1.54) is 0 Å². The predicted molar refractivity (Wildman–Crippen MR) is 86.8 cm³/mol. The molecule has 0 saturated carbocycles. The molecule has 24 heavy (non-hydrogen) atoms. The van der Waals surface area contributed by atoms with Crippen molar-refractivity contribution in [2.45, 2.75) is 46.0 Å². The lowest BCUT2D eigenvalue weighted by molar-refractivity contribution is -0.153. The van der Waals surface area contributed by atoms with Crippen LogP contribution in [0, 0.1) is 11.3 Å². The van der Waals surface area contributed by atoms with E-state index in [2.05, 4.69) is 25.7 Å². The number of piperidine rings is 1. The third-order valence-corrected chi connectivity index (χ3v) is 4.54. The number of hydrogen-bond acceptors (Lipinski definition) is 3. The van der Waals surface area contributed by atoms with Gasteiger partial charge in [0.1, 0.15) is 5.75 Å². The van der Waals surface area contributed by atoms with Crippen LogP contribution in [0.4, 0.5) is 13.2 Å². The number of aliphatic hydroxyl groups excluding tert-OH is 1. The van der Waals surface area contributed by atoms with Gasteiger partial charge in [-0.3, -0.25) is 4.90 Å². The molecular weight excluding hydrogens is 319 g/mol. The summed E-state index contributed by atoms with van der Waals surface area (Å²) in [5.41, 5.74) is 0.752. The Hall–Kier alpha value is -1.27. The van der Waals surface area contributed by atoms with Gasteiger partial charge in [-0.25, -0.2) is 0 Å². The molecule has 1 aromatic rings. The van der Waals surface area contributed by atoms with Gasteiger partial charge in [0.25, 0.3) is 0 Å². The second-order valence-corrected chi connectivity index (χ2v) is 7.58. The Morgan fingerprint density at radius 1 is 1.21 bits per heavy atom. The Labute approximate surface area is 141 Å². The molecule has 1 saturated heterocycles. The number of likely N-dealkylation sites (tertiary alicyclic amines) is 1. The van der Waals surface area contributed by atoms with Crippen molar-refractivity contribution in [3.8, 4) is 5.75 Å². The van der Waals surface area contributed by atoms with E-state index < -0.39 is 18.9 Å². The minimum atomic E-state index is -4.35. The van der Waals surface area contributed by atoms with Crippen molar-refractivity contribution >= 4 is 0 Å². The van der Waals surface area contributed by atoms with Crippen LogP contribution in [0.25, 0.3) is 0 Å². The lowest BCUT2D eigenvalue weighted by atomic mass is 9.73. The second-order valence-electron chi connectivity index (χ2n) is 7.58. The molecule has 0 radical (unpaired) electrons. The fourth-order valence-corrected chi connectivity index (χ4v) is 3.33. The van der Waals surface area contributed by atoms with Crippen LogP contribution in [0.1, 0.15) is 32.8 Å². The van der Waals surface area contributed by atoms with E-state index in [1.807, 2.05) is 0 Å². The Morgan fingerprint density at radius 2 is 1.88 bits per heavy atom. The summed E-state index contributed by atoms with van der Waals surface area (Å²) in [5.74, 6) is 0.479. The molecule has 6 heteroatoms. The molecule has 1 aliphatic rings. The molecule has 1 N–H and O–H groups in total. The highest BCUT2D eigenvalue weighted by Crippen LogP contribution is 2.35. The van der Waals surface area contributed by atoms with Gasteiger partial charge in [0.2, 0.25) is 0 Å². The maximum atomic E-state index is 12.4. The van der Waals surface area contributed by atoms with E-state index >= 15 is 0 Å². The Morgan fingerprint density at radius 3 is 2.46 bits per heavy atom. The maximum absolute atomic E-state index is 12.4. The van der Waals surface area contributed by atoms with Crippen molar-refractivity contribution < 1.29 is 23.0 Å². The van der Waals surface area contributed by atoms with Crippen molar-refractivity contribution in [1.29, 1.82) is 0 Å². The van der Waals surface area contributed by atoms with Crippen LogP contribution >= 0.6 is 0 Å². The van der Waals surface area contributed by atoms with Crippen LogP contribution in [0.15, 0.2) is 24.3 Å². The fraction of sp³-hybridized carbons (Fsp3) is 0.667. The Bertz CT molecular complexity index is 540. The van der Waals surface area contributed by atoms with Crippen molar-refractivity contribution in [2.75, 3.05) is 19.7 Å². The zero-order valence-corrected chi connectivity index (χ0v) is 14.4. The topological polar surface area (TPSA) is 32.7 Å². The van der Waals surface area contributed by atoms with Crippen LogP contribution in [-0.4, -0.2) is 42.0 Å². The summed E-state index contributed by atoms with van der Waals surface area (Å²) in [6.45, 7) is 6.88. The molecule has 1 aromatic carbocycles. The largest absolute Gasteiger partial charge is 0.484 e. The first-order valence-corrected chi connectivity index (χ1v) is 8.24. The quantitative estimate of drug-likeness (QED) is 0.899. The molecule has 0 bridgehead atoms. The monoisotopic (exact) mass is 345 g/mol. The summed E-state index contributed by atoms with van der Waals surface area (Å²) < 4.78 is 42.0. The number of rotatable bonds is 4. The van der Waals surface area contributed by atoms with Crippen LogP contribution in [0.3, 0.4) is 0 Å². The normalized spacial score (nSPS) is 23.3. The minimum absolute atomic E-state index is 0.0409. The Balaban J connectivity index is 2.00. The van der Waals surface area contributed by atoms with Gasteiger partial charge in [0.05, 0.1) is 6.10 Å². The first-order chi connectivity index (χ1) is 11.1. The van der Waals surface area contributed by atoms with E-state index in [4.69, 9.17) is 4.74 Å². The third-order valence-electron chi connectivity index (χ3n) is 4.54. The summed E-state index contributed by atoms with van der Waals surface area (Å²) in [7, 11) is 0. The molecule has 0 spiro atoms. The number of nitrogens with zero attached hydrogens (tertiary/aromatic N) is 1. The number of hydrogen-bond donors (Lipinski definition) is 1. The van der Waals surface area contributed by atoms with E-state index in [1.54, 1.807) is 24.3 Å². The zero-order chi connectivity index (χ0) is 18.0. The molecule has 1 aliphatic heterocycles. The van der Waals surface area contributed by atoms with E-state index in [0.717, 1.165) is 13.0 Å². The van der Waals surface area contributed by atoms with E-state index in [-0.39, 0.29) is 17.1 Å². The summed E-state index contributed by atoms with van der Waals surface area (Å²) in [6, 6.07) is 6.78. The van der Waals surface area contributed by atoms with Crippen molar-refractivity contribution in [3.63, 3.8) is 0 Å². The summed E-state index contributed by atoms with van der Waals surface area (Å²) in [6.07, 6.45) is -3.91. The lowest BCUT2D eigenvalue weighted by Crippen LogP contribution is -2.47. The highest BCUT2D eigenvalue weighted by molar-refractivity contribution is 5.33. The van der Waals surface area contributed by atoms with Crippen LogP contribution in [0.2, 0.25) is 0 Å². The van der Waals surface area contributed by atoms with Gasteiger partial charge in [0.15, 0.2) is 6.61 Å². The average molecular weight is 345 g/mol. The maximum Gasteiger partial charge on any atom is 0.422 e. The highest BCUT2D eigenvalue weighted by atomic mass is 19.4. The molecule has 136 valence electrons. The number of halogens is 3. The lowest BCUT2D eigenvalue weighted by Gasteiger charge is -2.42. The number of aliphatic hydroxyl groups is 1. The van der Waals surface area contributed by atoms with Gasteiger partial charge in [-0.2, -0.15) is 13.2 Å². The average Bonchev–Trinajstić information content (AvgIpc) is 2.44. The number of β-amino-alcohol motifs (C(OH)–C–C–N with tert-alkyl or cyclic N) is 1. The molecule has 0 amide bonds. The van der Waals surface area contributed by atoms with Gasteiger partial charge in [-0.1, -0.05) is 39.0 Å². The van der Waals surface area contributed by atoms with Crippen LogP contribution in [0.5, 0.6) is 5.75 Å². The molecule has 1 fully saturated rings. The second kappa shape index (κ2) is 7.31. The van der Waals surface area contributed by atoms with Crippen molar-refractivity contribution in [1.82, 2.24) is 4.90 Å². The first-order valence-electron chi connectivity index (χ1n) is 8.24. The van der Waals surface area contributed by atoms with Gasteiger partial charge < -0.3 is 9.84 Å². The molecule has 0 aliphatic carbocycles. The predicted octanol–water partition coefficient (Wildman–Crippen LogP) is 3.86. The minimum Gasteiger partial charge on any atom is -0.484 e. The molecule has 1 heterocycles. The summed E-state index contributed by atoms with van der Waals surface area (Å²) >= 11 is 0. The van der Waals surface area contributed by atoms with Crippen LogP contribution < -0.4 is 4.74 Å². The van der Waals surface area contributed by atoms with E-state index in [0.29, 0.717) is 18.7 Å². The van der Waals surface area contributed by atoms with Crippen LogP contribution in [-0.2, 0) is 6.54 Å². The van der Waals surface area contributed by atoms with Gasteiger partial charge in [0, 0.05) is 18.7 Å². The summed E-state index contributed by atoms with van der Waals surface area (Å²) in [4.78, 5) is 2.07. The summed E-state index contributed by atoms with van der Waals surface area (Å²) in [5, 5.41) is 10.4. The number of para-hydroxylation sites is 1. The van der Waals surface area contributed by atoms with Gasteiger partial charge in [-0.15, -0.1) is 0 Å². The first kappa shape index (κ1) is 19.1. The van der Waals surface area contributed by atoms with Crippen molar-refractivity contribution in [2.24, 2.45) is 11.3 Å². The third kappa shape index (κ3) is 5.38. The zero-order valence-electron chi connectivity index (χ0n) is 14.4. The van der Waals surface area contributed by atoms with Gasteiger partial charge >= 0.3 is 6.18 Å². The molecule has 0 aromatic heterocycles. The molecule has 2 rings (SSSR count). The number of benzene rings is 1. The highest BCUT2D eigenvalue weighted by Gasteiger charge is 2.35. The SMILES string of the molecule is CC(C)(C)[C@@H]1CCN(Cc2ccccc2OCC(F)(F)F)C[C@H]1O. The number of ether oxygens (including phenoxy) is 1. The molecule has 3 nitrogen and oxygen atoms in total. The van der Waals surface area contributed by atoms with Gasteiger partial charge in [-0.05, 0) is 30.4 Å². The smallest absolute Gasteiger partial charge is 0.422 e. The van der Waals surface area contributed by atoms with Crippen molar-refractivity contribution in [3.05, 3.63) is 29.8 Å². The molecule has 0 unspecified atom stereocenters. The fourth-order valence-electron chi connectivity index (χ4n) is 3.33. The Kier molecular flexibility index (Phi) is 5.81. The van der Waals surface area contributed by atoms with E-state index in [9.17, 15) is 18.3 Å². The number of alkyl halides is 3.